The largest absolute Gasteiger partial charge is 0.491 e. The standard InChI is InChI=1S/C30H31FN6O/c1-18(2)38-24-10-6-21(7-11-24)27-19(3)34-28(36-27)22-12-14-37(15-13-22)30-25-16-26(35-29(25)32-17-33-30)20-4-8-23(31)9-5-20/h4-11,16-18,22H,12-15H2,1-3H3,(H,34,36)(H,32,33,35). The molecule has 38 heavy (non-hydrogen) atoms. The van der Waals surface area contributed by atoms with E-state index in [2.05, 4.69) is 50.0 Å². The number of piperidine rings is 1. The average Bonchev–Trinajstić information content (AvgIpc) is 3.53. The summed E-state index contributed by atoms with van der Waals surface area (Å²) < 4.78 is 19.2. The van der Waals surface area contributed by atoms with Gasteiger partial charge < -0.3 is 19.6 Å². The molecule has 1 saturated heterocycles. The number of hydrogen-bond donors (Lipinski definition) is 2. The van der Waals surface area contributed by atoms with Crippen molar-refractivity contribution in [1.82, 2.24) is 24.9 Å². The molecule has 5 aromatic rings. The summed E-state index contributed by atoms with van der Waals surface area (Å²) in [7, 11) is 0. The Labute approximate surface area is 221 Å². The molecule has 4 heterocycles. The molecule has 0 unspecified atom stereocenters. The molecule has 3 aromatic heterocycles. The maximum Gasteiger partial charge on any atom is 0.143 e. The second-order valence-electron chi connectivity index (χ2n) is 10.2. The first-order valence-electron chi connectivity index (χ1n) is 13.1. The summed E-state index contributed by atoms with van der Waals surface area (Å²) in [6.07, 6.45) is 3.72. The highest BCUT2D eigenvalue weighted by molar-refractivity contribution is 5.92. The van der Waals surface area contributed by atoms with Gasteiger partial charge in [-0.05, 0) is 93.8 Å². The number of nitrogens with one attached hydrogen (secondary N) is 2. The van der Waals surface area contributed by atoms with Crippen LogP contribution in [0.2, 0.25) is 0 Å². The molecule has 8 heteroatoms. The predicted molar refractivity (Wildman–Crippen MR) is 148 cm³/mol. The minimum atomic E-state index is -0.249. The Morgan fingerprint density at radius 3 is 2.37 bits per heavy atom. The summed E-state index contributed by atoms with van der Waals surface area (Å²) in [6.45, 7) is 7.90. The minimum absolute atomic E-state index is 0.151. The van der Waals surface area contributed by atoms with Gasteiger partial charge in [-0.1, -0.05) is 0 Å². The van der Waals surface area contributed by atoms with Crippen molar-refractivity contribution in [3.63, 3.8) is 0 Å². The number of H-pyrrole nitrogens is 2. The van der Waals surface area contributed by atoms with Crippen LogP contribution in [0, 0.1) is 12.7 Å². The van der Waals surface area contributed by atoms with Gasteiger partial charge in [-0.25, -0.2) is 19.3 Å². The second kappa shape index (κ2) is 9.93. The van der Waals surface area contributed by atoms with Gasteiger partial charge in [0.25, 0.3) is 0 Å². The summed E-state index contributed by atoms with van der Waals surface area (Å²) in [5, 5.41) is 0.978. The molecule has 194 valence electrons. The SMILES string of the molecule is Cc1[nH]c(C2CCN(c3ncnc4[nH]c(-c5ccc(F)cc5)cc34)CC2)nc1-c1ccc(OC(C)C)cc1. The van der Waals surface area contributed by atoms with Gasteiger partial charge in [-0.3, -0.25) is 0 Å². The highest BCUT2D eigenvalue weighted by atomic mass is 19.1. The Morgan fingerprint density at radius 2 is 1.66 bits per heavy atom. The van der Waals surface area contributed by atoms with Crippen LogP contribution in [0.4, 0.5) is 10.2 Å². The van der Waals surface area contributed by atoms with Crippen LogP contribution in [0.25, 0.3) is 33.5 Å². The number of aryl methyl sites for hydroxylation is 1. The van der Waals surface area contributed by atoms with E-state index in [0.717, 1.165) is 82.6 Å². The number of aromatic nitrogens is 5. The second-order valence-corrected chi connectivity index (χ2v) is 10.2. The molecule has 6 rings (SSSR count). The van der Waals surface area contributed by atoms with E-state index in [1.54, 1.807) is 18.5 Å². The number of benzene rings is 2. The summed E-state index contributed by atoms with van der Waals surface area (Å²) in [4.78, 5) is 23.3. The van der Waals surface area contributed by atoms with Crippen LogP contribution in [0.5, 0.6) is 5.75 Å². The van der Waals surface area contributed by atoms with Gasteiger partial charge in [0.2, 0.25) is 0 Å². The van der Waals surface area contributed by atoms with Crippen LogP contribution in [-0.2, 0) is 0 Å². The van der Waals surface area contributed by atoms with Gasteiger partial charge in [0.05, 0.1) is 17.2 Å². The zero-order valence-corrected chi connectivity index (χ0v) is 21.8. The van der Waals surface area contributed by atoms with Crippen LogP contribution in [0.15, 0.2) is 60.9 Å². The summed E-state index contributed by atoms with van der Waals surface area (Å²) in [5.41, 5.74) is 5.77. The normalized spacial score (nSPS) is 14.5. The maximum atomic E-state index is 13.4. The molecule has 0 aliphatic carbocycles. The van der Waals surface area contributed by atoms with Crippen LogP contribution < -0.4 is 9.64 Å². The van der Waals surface area contributed by atoms with Gasteiger partial charge in [-0.2, -0.15) is 0 Å². The molecule has 0 radical (unpaired) electrons. The Morgan fingerprint density at radius 1 is 0.947 bits per heavy atom. The lowest BCUT2D eigenvalue weighted by atomic mass is 9.96. The smallest absolute Gasteiger partial charge is 0.143 e. The van der Waals surface area contributed by atoms with Crippen molar-refractivity contribution in [3.05, 3.63) is 78.3 Å². The van der Waals surface area contributed by atoms with Crippen molar-refractivity contribution in [3.8, 4) is 28.3 Å². The number of hydrogen-bond acceptors (Lipinski definition) is 5. The maximum absolute atomic E-state index is 13.4. The number of ether oxygens (including phenoxy) is 1. The zero-order chi connectivity index (χ0) is 26.2. The van der Waals surface area contributed by atoms with Crippen molar-refractivity contribution >= 4 is 16.9 Å². The number of nitrogens with zero attached hydrogens (tertiary/aromatic N) is 4. The lowest BCUT2D eigenvalue weighted by molar-refractivity contribution is 0.242. The molecule has 0 bridgehead atoms. The first-order valence-corrected chi connectivity index (χ1v) is 13.1. The van der Waals surface area contributed by atoms with Crippen molar-refractivity contribution in [1.29, 1.82) is 0 Å². The van der Waals surface area contributed by atoms with Crippen molar-refractivity contribution in [2.75, 3.05) is 18.0 Å². The quantitative estimate of drug-likeness (QED) is 0.268. The van der Waals surface area contributed by atoms with Crippen LogP contribution in [-0.4, -0.2) is 44.1 Å². The number of aromatic amines is 2. The third kappa shape index (κ3) is 4.74. The summed E-state index contributed by atoms with van der Waals surface area (Å²) >= 11 is 0. The van der Waals surface area contributed by atoms with Crippen molar-refractivity contribution in [2.24, 2.45) is 0 Å². The number of rotatable bonds is 6. The van der Waals surface area contributed by atoms with E-state index in [9.17, 15) is 4.39 Å². The highest BCUT2D eigenvalue weighted by Gasteiger charge is 2.26. The van der Waals surface area contributed by atoms with Gasteiger partial charge in [0.1, 0.15) is 35.2 Å². The molecule has 2 N–H and O–H groups in total. The first-order chi connectivity index (χ1) is 18.4. The molecule has 1 aliphatic rings. The number of halogens is 1. The molecular weight excluding hydrogens is 479 g/mol. The van der Waals surface area contributed by atoms with Gasteiger partial charge in [0, 0.05) is 36.0 Å². The van der Waals surface area contributed by atoms with E-state index in [-0.39, 0.29) is 11.9 Å². The molecule has 1 fully saturated rings. The average molecular weight is 511 g/mol. The zero-order valence-electron chi connectivity index (χ0n) is 21.8. The fourth-order valence-electron chi connectivity index (χ4n) is 5.25. The minimum Gasteiger partial charge on any atom is -0.491 e. The molecule has 0 saturated carbocycles. The molecular formula is C30H31FN6O. The molecule has 0 spiro atoms. The van der Waals surface area contributed by atoms with E-state index in [1.807, 2.05) is 26.0 Å². The predicted octanol–water partition coefficient (Wildman–Crippen LogP) is 6.63. The van der Waals surface area contributed by atoms with Crippen LogP contribution in [0.1, 0.15) is 44.1 Å². The highest BCUT2D eigenvalue weighted by Crippen LogP contribution is 2.34. The number of imidazole rings is 1. The van der Waals surface area contributed by atoms with Gasteiger partial charge >= 0.3 is 0 Å². The molecule has 0 atom stereocenters. The molecule has 1 aliphatic heterocycles. The number of fused-ring (bicyclic) bond motifs is 1. The Hall–Kier alpha value is -4.20. The van der Waals surface area contributed by atoms with Gasteiger partial charge in [0.15, 0.2) is 0 Å². The lowest BCUT2D eigenvalue weighted by Gasteiger charge is -2.32. The van der Waals surface area contributed by atoms with E-state index in [4.69, 9.17) is 9.72 Å². The first kappa shape index (κ1) is 24.2. The van der Waals surface area contributed by atoms with E-state index < -0.39 is 0 Å². The lowest BCUT2D eigenvalue weighted by Crippen LogP contribution is -2.33. The van der Waals surface area contributed by atoms with E-state index in [0.29, 0.717) is 5.92 Å². The molecule has 0 amide bonds. The van der Waals surface area contributed by atoms with Crippen molar-refractivity contribution in [2.45, 2.75) is 45.6 Å². The Kier molecular flexibility index (Phi) is 6.31. The Balaban J connectivity index is 1.17. The monoisotopic (exact) mass is 510 g/mol. The van der Waals surface area contributed by atoms with E-state index >= 15 is 0 Å². The molecule has 2 aromatic carbocycles. The molecule has 7 nitrogen and oxygen atoms in total. The van der Waals surface area contributed by atoms with E-state index in [1.165, 1.54) is 12.1 Å². The number of anilines is 1. The third-order valence-electron chi connectivity index (χ3n) is 7.14. The van der Waals surface area contributed by atoms with Crippen LogP contribution >= 0.6 is 0 Å². The fourth-order valence-corrected chi connectivity index (χ4v) is 5.25. The van der Waals surface area contributed by atoms with Gasteiger partial charge in [-0.15, -0.1) is 0 Å². The van der Waals surface area contributed by atoms with Crippen LogP contribution in [0.3, 0.4) is 0 Å². The fraction of sp³-hybridized carbons (Fsp3) is 0.300. The summed E-state index contributed by atoms with van der Waals surface area (Å²) in [6, 6.07) is 16.7. The summed E-state index contributed by atoms with van der Waals surface area (Å²) in [5.74, 6) is 2.96. The topological polar surface area (TPSA) is 82.7 Å². The Bertz CT molecular complexity index is 1550. The van der Waals surface area contributed by atoms with Crippen molar-refractivity contribution < 1.29 is 9.13 Å². The third-order valence-corrected chi connectivity index (χ3v) is 7.14.